The molecule has 140 valence electrons. The van der Waals surface area contributed by atoms with Crippen molar-refractivity contribution in [2.24, 2.45) is 0 Å². The second-order valence-corrected chi connectivity index (χ2v) is 6.96. The summed E-state index contributed by atoms with van der Waals surface area (Å²) < 4.78 is 1.94. The minimum Gasteiger partial charge on any atom is -0.301 e. The van der Waals surface area contributed by atoms with E-state index in [0.29, 0.717) is 6.54 Å². The third-order valence-electron chi connectivity index (χ3n) is 5.31. The number of benzene rings is 2. The molecule has 1 aliphatic heterocycles. The number of likely N-dealkylation sites (N-methyl/N-ethyl adjacent to an activating group) is 1. The van der Waals surface area contributed by atoms with Crippen molar-refractivity contribution < 1.29 is 0 Å². The highest BCUT2D eigenvalue weighted by atomic mass is 15.6. The van der Waals surface area contributed by atoms with Gasteiger partial charge < -0.3 is 4.90 Å². The Labute approximate surface area is 160 Å². The number of hydrogen-bond acceptors (Lipinski definition) is 5. The fourth-order valence-electron chi connectivity index (χ4n) is 3.77. The minimum atomic E-state index is 0.0731. The van der Waals surface area contributed by atoms with E-state index in [0.717, 1.165) is 38.5 Å². The summed E-state index contributed by atoms with van der Waals surface area (Å²) in [5, 5.41) is 12.8. The molecule has 0 saturated carbocycles. The van der Waals surface area contributed by atoms with Crippen LogP contribution in [-0.2, 0) is 6.54 Å². The van der Waals surface area contributed by atoms with E-state index in [1.165, 1.54) is 11.1 Å². The molecule has 0 aliphatic carbocycles. The summed E-state index contributed by atoms with van der Waals surface area (Å²) in [4.78, 5) is 5.00. The van der Waals surface area contributed by atoms with Gasteiger partial charge in [-0.25, -0.2) is 4.68 Å². The predicted molar refractivity (Wildman–Crippen MR) is 105 cm³/mol. The Morgan fingerprint density at radius 2 is 1.56 bits per heavy atom. The Hall–Kier alpha value is -2.57. The first-order chi connectivity index (χ1) is 13.3. The van der Waals surface area contributed by atoms with Crippen molar-refractivity contribution in [2.75, 3.05) is 32.7 Å². The number of rotatable bonds is 6. The first-order valence-corrected chi connectivity index (χ1v) is 9.66. The van der Waals surface area contributed by atoms with Crippen LogP contribution in [0.25, 0.3) is 0 Å². The molecule has 0 amide bonds. The standard InChI is InChI=1S/C21H26N6/c1-2-25-13-15-26(16-14-25)20(19-11-7-4-8-12-19)21-22-23-24-27(21)17-18-9-5-3-6-10-18/h3-12,20H,2,13-17H2,1H3/t20-/m0/s1. The number of piperazine rings is 1. The van der Waals surface area contributed by atoms with E-state index in [4.69, 9.17) is 0 Å². The predicted octanol–water partition coefficient (Wildman–Crippen LogP) is 2.45. The number of hydrogen-bond donors (Lipinski definition) is 0. The zero-order chi connectivity index (χ0) is 18.5. The maximum absolute atomic E-state index is 4.45. The van der Waals surface area contributed by atoms with E-state index in [1.807, 2.05) is 10.7 Å². The van der Waals surface area contributed by atoms with Gasteiger partial charge in [0.1, 0.15) is 0 Å². The van der Waals surface area contributed by atoms with E-state index in [9.17, 15) is 0 Å². The van der Waals surface area contributed by atoms with Crippen molar-refractivity contribution in [2.45, 2.75) is 19.5 Å². The molecule has 0 spiro atoms. The van der Waals surface area contributed by atoms with Gasteiger partial charge in [0.25, 0.3) is 0 Å². The Morgan fingerprint density at radius 3 is 2.22 bits per heavy atom. The number of aromatic nitrogens is 4. The monoisotopic (exact) mass is 362 g/mol. The summed E-state index contributed by atoms with van der Waals surface area (Å²) in [5.41, 5.74) is 2.44. The largest absolute Gasteiger partial charge is 0.301 e. The third kappa shape index (κ3) is 4.07. The molecule has 1 aromatic heterocycles. The van der Waals surface area contributed by atoms with Gasteiger partial charge in [0.05, 0.1) is 12.6 Å². The molecule has 2 heterocycles. The van der Waals surface area contributed by atoms with Gasteiger partial charge in [0.2, 0.25) is 0 Å². The van der Waals surface area contributed by atoms with Crippen LogP contribution in [0, 0.1) is 0 Å². The topological polar surface area (TPSA) is 50.1 Å². The molecular formula is C21H26N6. The Bertz CT molecular complexity index is 824. The third-order valence-corrected chi connectivity index (χ3v) is 5.31. The van der Waals surface area contributed by atoms with Crippen molar-refractivity contribution in [1.29, 1.82) is 0 Å². The zero-order valence-corrected chi connectivity index (χ0v) is 15.8. The van der Waals surface area contributed by atoms with Crippen molar-refractivity contribution in [3.63, 3.8) is 0 Å². The van der Waals surface area contributed by atoms with Crippen LogP contribution in [0.2, 0.25) is 0 Å². The van der Waals surface area contributed by atoms with Crippen LogP contribution in [-0.4, -0.2) is 62.7 Å². The molecular weight excluding hydrogens is 336 g/mol. The van der Waals surface area contributed by atoms with Crippen molar-refractivity contribution in [3.05, 3.63) is 77.6 Å². The van der Waals surface area contributed by atoms with Crippen molar-refractivity contribution in [3.8, 4) is 0 Å². The van der Waals surface area contributed by atoms with E-state index in [2.05, 4.69) is 86.8 Å². The van der Waals surface area contributed by atoms with E-state index < -0.39 is 0 Å². The summed E-state index contributed by atoms with van der Waals surface area (Å²) in [5.74, 6) is 0.912. The average molecular weight is 362 g/mol. The molecule has 3 aromatic rings. The molecule has 1 atom stereocenters. The summed E-state index contributed by atoms with van der Waals surface area (Å²) in [7, 11) is 0. The first-order valence-electron chi connectivity index (χ1n) is 9.66. The van der Waals surface area contributed by atoms with Gasteiger partial charge in [-0.2, -0.15) is 0 Å². The summed E-state index contributed by atoms with van der Waals surface area (Å²) in [6.07, 6.45) is 0. The highest BCUT2D eigenvalue weighted by Crippen LogP contribution is 2.28. The van der Waals surface area contributed by atoms with Crippen LogP contribution in [0.4, 0.5) is 0 Å². The highest BCUT2D eigenvalue weighted by Gasteiger charge is 2.30. The van der Waals surface area contributed by atoms with Gasteiger partial charge in [-0.1, -0.05) is 67.6 Å². The molecule has 6 heteroatoms. The van der Waals surface area contributed by atoms with Gasteiger partial charge in [-0.05, 0) is 28.1 Å². The maximum Gasteiger partial charge on any atom is 0.173 e. The molecule has 1 fully saturated rings. The zero-order valence-electron chi connectivity index (χ0n) is 15.8. The van der Waals surface area contributed by atoms with Gasteiger partial charge in [0.15, 0.2) is 5.82 Å². The van der Waals surface area contributed by atoms with Crippen LogP contribution < -0.4 is 0 Å². The van der Waals surface area contributed by atoms with Gasteiger partial charge in [-0.15, -0.1) is 5.10 Å². The Morgan fingerprint density at radius 1 is 0.889 bits per heavy atom. The quantitative estimate of drug-likeness (QED) is 0.674. The second kappa shape index (κ2) is 8.41. The summed E-state index contributed by atoms with van der Waals surface area (Å²) in [6.45, 7) is 8.22. The van der Waals surface area contributed by atoms with Crippen LogP contribution in [0.3, 0.4) is 0 Å². The highest BCUT2D eigenvalue weighted by molar-refractivity contribution is 5.25. The molecule has 1 aliphatic rings. The van der Waals surface area contributed by atoms with Crippen LogP contribution in [0.1, 0.15) is 29.9 Å². The smallest absolute Gasteiger partial charge is 0.173 e. The second-order valence-electron chi connectivity index (χ2n) is 6.96. The summed E-state index contributed by atoms with van der Waals surface area (Å²) in [6, 6.07) is 21.0. The van der Waals surface area contributed by atoms with Crippen LogP contribution in [0.15, 0.2) is 60.7 Å². The average Bonchev–Trinajstić information content (AvgIpc) is 3.18. The van der Waals surface area contributed by atoms with E-state index >= 15 is 0 Å². The van der Waals surface area contributed by atoms with Gasteiger partial charge in [-0.3, -0.25) is 4.90 Å². The van der Waals surface area contributed by atoms with Crippen LogP contribution >= 0.6 is 0 Å². The normalized spacial score (nSPS) is 17.1. The molecule has 0 unspecified atom stereocenters. The van der Waals surface area contributed by atoms with E-state index in [1.54, 1.807) is 0 Å². The molecule has 4 rings (SSSR count). The molecule has 2 aromatic carbocycles. The lowest BCUT2D eigenvalue weighted by Crippen LogP contribution is -2.48. The first kappa shape index (κ1) is 17.8. The molecule has 27 heavy (non-hydrogen) atoms. The van der Waals surface area contributed by atoms with Crippen LogP contribution in [0.5, 0.6) is 0 Å². The molecule has 0 N–H and O–H groups in total. The minimum absolute atomic E-state index is 0.0731. The fraction of sp³-hybridized carbons (Fsp3) is 0.381. The Balaban J connectivity index is 1.65. The van der Waals surface area contributed by atoms with Crippen molar-refractivity contribution in [1.82, 2.24) is 30.0 Å². The number of nitrogens with zero attached hydrogens (tertiary/aromatic N) is 6. The molecule has 6 nitrogen and oxygen atoms in total. The Kier molecular flexibility index (Phi) is 5.55. The number of tetrazole rings is 1. The van der Waals surface area contributed by atoms with Crippen molar-refractivity contribution >= 4 is 0 Å². The molecule has 1 saturated heterocycles. The lowest BCUT2D eigenvalue weighted by molar-refractivity contribution is 0.108. The lowest BCUT2D eigenvalue weighted by atomic mass is 10.0. The fourth-order valence-corrected chi connectivity index (χ4v) is 3.77. The summed E-state index contributed by atoms with van der Waals surface area (Å²) >= 11 is 0. The molecule has 0 radical (unpaired) electrons. The SMILES string of the molecule is CCN1CCN([C@@H](c2ccccc2)c2nnnn2Cc2ccccc2)CC1. The lowest BCUT2D eigenvalue weighted by Gasteiger charge is -2.38. The van der Waals surface area contributed by atoms with E-state index in [-0.39, 0.29) is 6.04 Å². The maximum atomic E-state index is 4.45. The van der Waals surface area contributed by atoms with Gasteiger partial charge in [0, 0.05) is 26.2 Å². The van der Waals surface area contributed by atoms with Gasteiger partial charge >= 0.3 is 0 Å². The molecule has 0 bridgehead atoms.